The lowest BCUT2D eigenvalue weighted by atomic mass is 10.1. The van der Waals surface area contributed by atoms with Crippen molar-refractivity contribution in [1.82, 2.24) is 9.97 Å². The normalized spacial score (nSPS) is 12.1. The summed E-state index contributed by atoms with van der Waals surface area (Å²) in [6, 6.07) is 24.7. The fourth-order valence-electron chi connectivity index (χ4n) is 4.49. The minimum Gasteiger partial charge on any atom is -0.332 e. The van der Waals surface area contributed by atoms with E-state index in [4.69, 9.17) is 0 Å². The fraction of sp³-hybridized carbons (Fsp3) is 0.0909. The molecule has 0 amide bonds. The smallest absolute Gasteiger partial charge is 0.332 e. The van der Waals surface area contributed by atoms with Gasteiger partial charge < -0.3 is 5.32 Å². The third-order valence-corrected chi connectivity index (χ3v) is 8.28. The second-order valence-corrected chi connectivity index (χ2v) is 11.8. The molecule has 0 aliphatic carbocycles. The Balaban J connectivity index is 1.13. The lowest BCUT2D eigenvalue weighted by Crippen LogP contribution is -2.05. The highest BCUT2D eigenvalue weighted by atomic mass is 32.1. The SMILES string of the molecule is FC(F)(F)c1cccc(Cc2nc(-c3cccc(N=Nc4cccc(-c5csc(Nc6cccc(C(F)(F)F)c6)n5)c4)c3)cs2)c1. The topological polar surface area (TPSA) is 62.5 Å². The van der Waals surface area contributed by atoms with Crippen molar-refractivity contribution in [2.24, 2.45) is 10.2 Å². The molecule has 0 fully saturated rings. The maximum absolute atomic E-state index is 13.1. The molecule has 0 saturated heterocycles. The summed E-state index contributed by atoms with van der Waals surface area (Å²) < 4.78 is 78.4. The van der Waals surface area contributed by atoms with Gasteiger partial charge in [0.1, 0.15) is 0 Å². The van der Waals surface area contributed by atoms with Crippen LogP contribution in [0.25, 0.3) is 22.5 Å². The van der Waals surface area contributed by atoms with Gasteiger partial charge in [0.15, 0.2) is 5.13 Å². The van der Waals surface area contributed by atoms with Crippen LogP contribution in [0.4, 0.5) is 48.5 Å². The Hall–Kier alpha value is -4.88. The predicted octanol–water partition coefficient (Wildman–Crippen LogP) is 11.7. The molecular formula is C33H21F6N5S2. The lowest BCUT2D eigenvalue weighted by Gasteiger charge is -2.08. The van der Waals surface area contributed by atoms with Crippen LogP contribution in [0.5, 0.6) is 0 Å². The molecule has 2 heterocycles. The summed E-state index contributed by atoms with van der Waals surface area (Å²) in [6.45, 7) is 0. The van der Waals surface area contributed by atoms with Gasteiger partial charge in [-0.25, -0.2) is 9.97 Å². The van der Waals surface area contributed by atoms with Crippen molar-refractivity contribution in [3.05, 3.63) is 130 Å². The molecule has 2 aromatic heterocycles. The van der Waals surface area contributed by atoms with Crippen LogP contribution in [0, 0.1) is 0 Å². The number of alkyl halides is 6. The zero-order chi connectivity index (χ0) is 32.3. The Kier molecular flexibility index (Phi) is 8.69. The van der Waals surface area contributed by atoms with E-state index in [0.29, 0.717) is 38.5 Å². The van der Waals surface area contributed by atoms with E-state index in [1.54, 1.807) is 41.8 Å². The first-order chi connectivity index (χ1) is 22.0. The van der Waals surface area contributed by atoms with Crippen molar-refractivity contribution in [2.45, 2.75) is 18.8 Å². The van der Waals surface area contributed by atoms with Crippen LogP contribution in [0.3, 0.4) is 0 Å². The summed E-state index contributed by atoms with van der Waals surface area (Å²) in [6.07, 6.45) is -8.56. The van der Waals surface area contributed by atoms with E-state index in [1.807, 2.05) is 29.6 Å². The molecule has 5 nitrogen and oxygen atoms in total. The van der Waals surface area contributed by atoms with Gasteiger partial charge in [-0.2, -0.15) is 36.6 Å². The zero-order valence-corrected chi connectivity index (χ0v) is 25.1. The van der Waals surface area contributed by atoms with Crippen molar-refractivity contribution in [3.63, 3.8) is 0 Å². The number of benzene rings is 4. The van der Waals surface area contributed by atoms with Crippen LogP contribution in [0.1, 0.15) is 21.7 Å². The van der Waals surface area contributed by atoms with E-state index in [1.165, 1.54) is 34.8 Å². The Morgan fingerprint density at radius 2 is 1.17 bits per heavy atom. The van der Waals surface area contributed by atoms with Crippen LogP contribution in [0.15, 0.2) is 118 Å². The maximum Gasteiger partial charge on any atom is 0.416 e. The number of azo groups is 1. The minimum absolute atomic E-state index is 0.282. The second-order valence-electron chi connectivity index (χ2n) is 10.0. The highest BCUT2D eigenvalue weighted by Crippen LogP contribution is 2.34. The maximum atomic E-state index is 13.1. The van der Waals surface area contributed by atoms with Crippen molar-refractivity contribution < 1.29 is 26.3 Å². The summed E-state index contributed by atoms with van der Waals surface area (Å²) in [4.78, 5) is 9.13. The Bertz CT molecular complexity index is 1870. The van der Waals surface area contributed by atoms with Gasteiger partial charge in [0, 0.05) is 34.0 Å². The van der Waals surface area contributed by atoms with E-state index in [-0.39, 0.29) is 12.1 Å². The van der Waals surface area contributed by atoms with Crippen LogP contribution in [0.2, 0.25) is 0 Å². The number of nitrogens with zero attached hydrogens (tertiary/aromatic N) is 4. The number of rotatable bonds is 8. The average molecular weight is 666 g/mol. The standard InChI is InChI=1S/C33H21F6N5S2/c34-32(35,36)23-8-1-5-20(13-23)14-30-41-28(18-45-30)21-6-2-11-26(15-21)43-44-27-12-3-7-22(16-27)29-19-46-31(42-29)40-25-10-4-9-24(17-25)33(37,38)39/h1-13,15-19H,14H2,(H,40,42). The molecule has 0 saturated carbocycles. The van der Waals surface area contributed by atoms with Crippen LogP contribution in [-0.2, 0) is 18.8 Å². The van der Waals surface area contributed by atoms with Gasteiger partial charge in [0.2, 0.25) is 0 Å². The second kappa shape index (κ2) is 12.9. The Morgan fingerprint density at radius 3 is 1.83 bits per heavy atom. The van der Waals surface area contributed by atoms with Crippen molar-refractivity contribution in [3.8, 4) is 22.5 Å². The quantitative estimate of drug-likeness (QED) is 0.130. The molecule has 0 aliphatic rings. The minimum atomic E-state index is -4.44. The van der Waals surface area contributed by atoms with Gasteiger partial charge in [-0.3, -0.25) is 0 Å². The number of thiazole rings is 2. The first-order valence-electron chi connectivity index (χ1n) is 13.6. The molecule has 0 bridgehead atoms. The lowest BCUT2D eigenvalue weighted by molar-refractivity contribution is -0.138. The van der Waals surface area contributed by atoms with E-state index in [9.17, 15) is 26.3 Å². The van der Waals surface area contributed by atoms with Gasteiger partial charge in [-0.15, -0.1) is 22.7 Å². The van der Waals surface area contributed by atoms with Gasteiger partial charge in [-0.1, -0.05) is 48.5 Å². The molecular weight excluding hydrogens is 645 g/mol. The van der Waals surface area contributed by atoms with Gasteiger partial charge in [0.25, 0.3) is 0 Å². The molecule has 0 radical (unpaired) electrons. The van der Waals surface area contributed by atoms with Gasteiger partial charge in [-0.05, 0) is 54.1 Å². The first-order valence-corrected chi connectivity index (χ1v) is 15.4. The van der Waals surface area contributed by atoms with E-state index < -0.39 is 23.5 Å². The molecule has 6 aromatic rings. The predicted molar refractivity (Wildman–Crippen MR) is 168 cm³/mol. The van der Waals surface area contributed by atoms with E-state index >= 15 is 0 Å². The molecule has 0 aliphatic heterocycles. The monoisotopic (exact) mass is 665 g/mol. The molecule has 232 valence electrons. The largest absolute Gasteiger partial charge is 0.416 e. The first kappa shape index (κ1) is 31.1. The number of hydrogen-bond acceptors (Lipinski definition) is 7. The third-order valence-electron chi connectivity index (χ3n) is 6.67. The summed E-state index contributed by atoms with van der Waals surface area (Å²) >= 11 is 2.63. The van der Waals surface area contributed by atoms with Gasteiger partial charge >= 0.3 is 12.4 Å². The average Bonchev–Trinajstić information content (AvgIpc) is 3.70. The van der Waals surface area contributed by atoms with E-state index in [0.717, 1.165) is 35.4 Å². The molecule has 0 atom stereocenters. The zero-order valence-electron chi connectivity index (χ0n) is 23.5. The van der Waals surface area contributed by atoms with Crippen molar-refractivity contribution in [2.75, 3.05) is 5.32 Å². The van der Waals surface area contributed by atoms with Crippen molar-refractivity contribution >= 4 is 44.9 Å². The van der Waals surface area contributed by atoms with Crippen molar-refractivity contribution in [1.29, 1.82) is 0 Å². The number of anilines is 2. The molecule has 1 N–H and O–H groups in total. The number of halogens is 6. The van der Waals surface area contributed by atoms with Crippen LogP contribution in [-0.4, -0.2) is 9.97 Å². The summed E-state index contributed by atoms with van der Waals surface area (Å²) in [5.74, 6) is 0. The Labute approximate surface area is 267 Å². The number of aromatic nitrogens is 2. The summed E-state index contributed by atoms with van der Waals surface area (Å²) in [7, 11) is 0. The molecule has 0 spiro atoms. The van der Waals surface area contributed by atoms with Gasteiger partial charge in [0.05, 0.1) is 38.9 Å². The third kappa shape index (κ3) is 7.66. The van der Waals surface area contributed by atoms with Crippen LogP contribution < -0.4 is 5.32 Å². The number of hydrogen-bond donors (Lipinski definition) is 1. The molecule has 6 rings (SSSR count). The van der Waals surface area contributed by atoms with E-state index in [2.05, 4.69) is 25.5 Å². The molecule has 46 heavy (non-hydrogen) atoms. The fourth-order valence-corrected chi connectivity index (χ4v) is 6.07. The molecule has 0 unspecified atom stereocenters. The summed E-state index contributed by atoms with van der Waals surface area (Å²) in [5.41, 5.74) is 3.39. The number of nitrogens with one attached hydrogen (secondary N) is 1. The van der Waals surface area contributed by atoms with Crippen LogP contribution >= 0.6 is 22.7 Å². The highest BCUT2D eigenvalue weighted by molar-refractivity contribution is 7.14. The highest BCUT2D eigenvalue weighted by Gasteiger charge is 2.31. The molecule has 4 aromatic carbocycles. The molecule has 13 heteroatoms. The summed E-state index contributed by atoms with van der Waals surface area (Å²) in [5, 5.41) is 16.4. The Morgan fingerprint density at radius 1 is 0.609 bits per heavy atom.